The van der Waals surface area contributed by atoms with Crippen LogP contribution in [0.4, 0.5) is 5.69 Å². The first-order chi connectivity index (χ1) is 18.5. The number of nitrogens with zero attached hydrogens (tertiary/aromatic N) is 1. The number of aryl methyl sites for hydroxylation is 4. The lowest BCUT2D eigenvalue weighted by Gasteiger charge is -2.26. The van der Waals surface area contributed by atoms with E-state index in [9.17, 15) is 14.7 Å². The summed E-state index contributed by atoms with van der Waals surface area (Å²) >= 11 is 0. The first-order valence-corrected chi connectivity index (χ1v) is 13.2. The van der Waals surface area contributed by atoms with Crippen LogP contribution in [-0.4, -0.2) is 28.9 Å². The molecule has 200 valence electrons. The number of aromatic nitrogens is 1. The molecular weight excluding hydrogens is 488 g/mol. The van der Waals surface area contributed by atoms with Gasteiger partial charge < -0.3 is 14.8 Å². The highest BCUT2D eigenvalue weighted by Gasteiger charge is 2.48. The van der Waals surface area contributed by atoms with Crippen LogP contribution in [0.3, 0.4) is 0 Å². The third-order valence-electron chi connectivity index (χ3n) is 7.88. The number of ketones is 1. The maximum Gasteiger partial charge on any atom is 0.300 e. The topological polar surface area (TPSA) is 82.6 Å². The molecule has 0 aliphatic carbocycles. The molecule has 1 amide bonds. The van der Waals surface area contributed by atoms with Crippen molar-refractivity contribution in [1.82, 2.24) is 4.98 Å². The van der Waals surface area contributed by atoms with Gasteiger partial charge in [0.15, 0.2) is 0 Å². The van der Waals surface area contributed by atoms with Gasteiger partial charge in [0.2, 0.25) is 0 Å². The largest absolute Gasteiger partial charge is 0.507 e. The van der Waals surface area contributed by atoms with Crippen molar-refractivity contribution in [3.63, 3.8) is 0 Å². The van der Waals surface area contributed by atoms with Gasteiger partial charge in [0, 0.05) is 33.4 Å². The first kappa shape index (κ1) is 26.3. The van der Waals surface area contributed by atoms with Crippen LogP contribution in [0.5, 0.6) is 5.75 Å². The Morgan fingerprint density at radius 3 is 2.33 bits per heavy atom. The minimum Gasteiger partial charge on any atom is -0.507 e. The molecule has 2 N–H and O–H groups in total. The molecule has 0 bridgehead atoms. The van der Waals surface area contributed by atoms with E-state index in [0.717, 1.165) is 50.2 Å². The van der Waals surface area contributed by atoms with Crippen molar-refractivity contribution in [2.45, 2.75) is 53.5 Å². The van der Waals surface area contributed by atoms with Crippen molar-refractivity contribution in [2.24, 2.45) is 0 Å². The van der Waals surface area contributed by atoms with E-state index in [-0.39, 0.29) is 17.3 Å². The van der Waals surface area contributed by atoms with Gasteiger partial charge >= 0.3 is 0 Å². The number of fused-ring (bicyclic) bond motifs is 1. The Kier molecular flexibility index (Phi) is 6.59. The molecule has 1 saturated heterocycles. The summed E-state index contributed by atoms with van der Waals surface area (Å²) in [5, 5.41) is 12.8. The molecule has 1 unspecified atom stereocenters. The van der Waals surface area contributed by atoms with Gasteiger partial charge in [0.05, 0.1) is 18.7 Å². The van der Waals surface area contributed by atoms with Gasteiger partial charge in [-0.3, -0.25) is 14.5 Å². The predicted octanol–water partition coefficient (Wildman–Crippen LogP) is 7.16. The number of para-hydroxylation sites is 1. The molecule has 1 atom stereocenters. The first-order valence-electron chi connectivity index (χ1n) is 13.2. The number of hydrogen-bond donors (Lipinski definition) is 2. The molecule has 39 heavy (non-hydrogen) atoms. The molecule has 5 rings (SSSR count). The van der Waals surface area contributed by atoms with Gasteiger partial charge in [-0.1, -0.05) is 38.1 Å². The number of benzene rings is 3. The molecule has 3 aromatic carbocycles. The lowest BCUT2D eigenvalue weighted by atomic mass is 9.90. The number of carbonyl (C=O) groups is 2. The lowest BCUT2D eigenvalue weighted by Crippen LogP contribution is -2.29. The van der Waals surface area contributed by atoms with Crippen LogP contribution >= 0.6 is 0 Å². The summed E-state index contributed by atoms with van der Waals surface area (Å²) in [4.78, 5) is 32.5. The number of ether oxygens (including phenoxy) is 1. The number of carbonyl (C=O) groups excluding carboxylic acids is 2. The van der Waals surface area contributed by atoms with Crippen LogP contribution in [0.25, 0.3) is 16.7 Å². The Morgan fingerprint density at radius 2 is 1.67 bits per heavy atom. The third kappa shape index (κ3) is 4.20. The molecule has 0 radical (unpaired) electrons. The number of H-pyrrole nitrogens is 1. The maximum atomic E-state index is 13.8. The second-order valence-corrected chi connectivity index (χ2v) is 10.7. The number of hydrogen-bond acceptors (Lipinski definition) is 4. The molecule has 0 spiro atoms. The van der Waals surface area contributed by atoms with Gasteiger partial charge in [-0.15, -0.1) is 0 Å². The van der Waals surface area contributed by atoms with Gasteiger partial charge in [0.1, 0.15) is 11.5 Å². The van der Waals surface area contributed by atoms with E-state index >= 15 is 0 Å². The van der Waals surface area contributed by atoms with Crippen LogP contribution in [0, 0.1) is 27.7 Å². The molecule has 6 nitrogen and oxygen atoms in total. The second kappa shape index (κ2) is 9.77. The molecule has 1 aromatic heterocycles. The number of Topliss-reactive ketones (excluding diaryl/α,β-unsaturated/α-hetero) is 1. The maximum absolute atomic E-state index is 13.8. The van der Waals surface area contributed by atoms with E-state index in [1.165, 1.54) is 4.90 Å². The van der Waals surface area contributed by atoms with Crippen LogP contribution in [0.2, 0.25) is 0 Å². The van der Waals surface area contributed by atoms with Gasteiger partial charge in [-0.25, -0.2) is 0 Å². The Labute approximate surface area is 228 Å². The number of methoxy groups -OCH3 is 1. The van der Waals surface area contributed by atoms with Crippen molar-refractivity contribution >= 4 is 34.0 Å². The van der Waals surface area contributed by atoms with Crippen LogP contribution in [-0.2, 0) is 9.59 Å². The van der Waals surface area contributed by atoms with Crippen molar-refractivity contribution in [3.05, 3.63) is 99.2 Å². The molecule has 0 saturated carbocycles. The van der Waals surface area contributed by atoms with Crippen molar-refractivity contribution in [2.75, 3.05) is 12.0 Å². The number of nitrogens with one attached hydrogen (secondary N) is 1. The zero-order valence-electron chi connectivity index (χ0n) is 23.5. The molecule has 6 heteroatoms. The summed E-state index contributed by atoms with van der Waals surface area (Å²) in [7, 11) is 1.62. The fourth-order valence-corrected chi connectivity index (χ4v) is 5.62. The third-order valence-corrected chi connectivity index (χ3v) is 7.88. The van der Waals surface area contributed by atoms with Gasteiger partial charge in [-0.2, -0.15) is 0 Å². The Balaban J connectivity index is 1.84. The van der Waals surface area contributed by atoms with Gasteiger partial charge in [-0.05, 0) is 86.2 Å². The standard InChI is InChI=1S/C33H34N2O4/c1-17(2)24-16-25(20(5)15-27(24)39-7)31(36)29-30(28-21(6)34-26-11-9-8-10-23(26)28)35(33(38)32(29)37)22-13-12-18(3)19(4)14-22/h8-17,30,34,36H,1-7H3/b31-29+. The average Bonchev–Trinajstić information content (AvgIpc) is 3.36. The predicted molar refractivity (Wildman–Crippen MR) is 156 cm³/mol. The molecule has 1 fully saturated rings. The normalized spacial score (nSPS) is 17.0. The summed E-state index contributed by atoms with van der Waals surface area (Å²) in [6.07, 6.45) is 0. The van der Waals surface area contributed by atoms with Crippen LogP contribution in [0.15, 0.2) is 60.2 Å². The van der Waals surface area contributed by atoms with Crippen LogP contribution < -0.4 is 9.64 Å². The summed E-state index contributed by atoms with van der Waals surface area (Å²) in [6, 6.07) is 16.5. The number of anilines is 1. The number of amides is 1. The Bertz CT molecular complexity index is 1670. The van der Waals surface area contributed by atoms with E-state index in [1.54, 1.807) is 7.11 Å². The van der Waals surface area contributed by atoms with E-state index in [4.69, 9.17) is 4.74 Å². The molecule has 4 aromatic rings. The minimum atomic E-state index is -0.813. The van der Waals surface area contributed by atoms with E-state index < -0.39 is 17.7 Å². The quantitative estimate of drug-likeness (QED) is 0.165. The number of aliphatic hydroxyl groups is 1. The molecule has 1 aliphatic heterocycles. The fraction of sp³-hybridized carbons (Fsp3) is 0.273. The summed E-state index contributed by atoms with van der Waals surface area (Å²) < 4.78 is 5.59. The zero-order chi connectivity index (χ0) is 28.2. The minimum absolute atomic E-state index is 0.0778. The molecular formula is C33H34N2O4. The summed E-state index contributed by atoms with van der Waals surface area (Å²) in [5.41, 5.74) is 7.49. The van der Waals surface area contributed by atoms with Crippen LogP contribution in [0.1, 0.15) is 64.9 Å². The lowest BCUT2D eigenvalue weighted by molar-refractivity contribution is -0.132. The van der Waals surface area contributed by atoms with Gasteiger partial charge in [0.25, 0.3) is 11.7 Å². The van der Waals surface area contributed by atoms with Crippen molar-refractivity contribution in [1.29, 1.82) is 0 Å². The Hall–Kier alpha value is -4.32. The zero-order valence-corrected chi connectivity index (χ0v) is 23.5. The van der Waals surface area contributed by atoms with Crippen molar-refractivity contribution < 1.29 is 19.4 Å². The monoisotopic (exact) mass is 522 g/mol. The second-order valence-electron chi connectivity index (χ2n) is 10.7. The van der Waals surface area contributed by atoms with E-state index in [1.807, 2.05) is 96.1 Å². The van der Waals surface area contributed by atoms with E-state index in [0.29, 0.717) is 11.3 Å². The number of aromatic amines is 1. The number of aliphatic hydroxyl groups excluding tert-OH is 1. The highest BCUT2D eigenvalue weighted by atomic mass is 16.5. The molecule has 1 aliphatic rings. The highest BCUT2D eigenvalue weighted by Crippen LogP contribution is 2.46. The summed E-state index contributed by atoms with van der Waals surface area (Å²) in [6.45, 7) is 11.9. The average molecular weight is 523 g/mol. The smallest absolute Gasteiger partial charge is 0.300 e. The SMILES string of the molecule is COc1cc(C)c(/C(O)=C2\C(=O)C(=O)N(c3ccc(C)c(C)c3)C2c2c(C)[nH]c3ccccc23)cc1C(C)C. The van der Waals surface area contributed by atoms with Crippen molar-refractivity contribution in [3.8, 4) is 5.75 Å². The Morgan fingerprint density at radius 1 is 0.949 bits per heavy atom. The fourth-order valence-electron chi connectivity index (χ4n) is 5.62. The van der Waals surface area contributed by atoms with E-state index in [2.05, 4.69) is 4.98 Å². The molecule has 2 heterocycles. The highest BCUT2D eigenvalue weighted by molar-refractivity contribution is 6.52. The number of rotatable bonds is 5. The summed E-state index contributed by atoms with van der Waals surface area (Å²) in [5.74, 6) is -0.710.